The smallest absolute Gasteiger partial charge is 0.334 e. The molecule has 0 aliphatic carbocycles. The van der Waals surface area contributed by atoms with E-state index < -0.39 is 12.0 Å². The van der Waals surface area contributed by atoms with Crippen LogP contribution in [0, 0.1) is 5.92 Å². The van der Waals surface area contributed by atoms with E-state index in [-0.39, 0.29) is 22.6 Å². The summed E-state index contributed by atoms with van der Waals surface area (Å²) in [7, 11) is 0. The van der Waals surface area contributed by atoms with Gasteiger partial charge in [0.05, 0.1) is 11.6 Å². The van der Waals surface area contributed by atoms with Crippen molar-refractivity contribution in [1.82, 2.24) is 5.32 Å². The SMILES string of the molecule is CCOc1ccc(C(=O)N[C@H](C(=O)Oc2cc(Cl)ccc2Cl)C(C)C)cc1. The zero-order chi connectivity index (χ0) is 20.0. The molecule has 5 nitrogen and oxygen atoms in total. The zero-order valence-electron chi connectivity index (χ0n) is 15.3. The average molecular weight is 410 g/mol. The summed E-state index contributed by atoms with van der Waals surface area (Å²) in [6.07, 6.45) is 0. The van der Waals surface area contributed by atoms with Gasteiger partial charge in [-0.2, -0.15) is 0 Å². The Morgan fingerprint density at radius 3 is 2.33 bits per heavy atom. The Morgan fingerprint density at radius 2 is 1.74 bits per heavy atom. The molecule has 0 fully saturated rings. The summed E-state index contributed by atoms with van der Waals surface area (Å²) >= 11 is 11.9. The van der Waals surface area contributed by atoms with E-state index >= 15 is 0 Å². The van der Waals surface area contributed by atoms with Crippen molar-refractivity contribution >= 4 is 35.1 Å². The zero-order valence-corrected chi connectivity index (χ0v) is 16.8. The highest BCUT2D eigenvalue weighted by molar-refractivity contribution is 6.34. The molecule has 0 aliphatic heterocycles. The van der Waals surface area contributed by atoms with Crippen molar-refractivity contribution in [2.75, 3.05) is 6.61 Å². The van der Waals surface area contributed by atoms with E-state index in [1.807, 2.05) is 20.8 Å². The molecule has 0 aliphatic rings. The maximum atomic E-state index is 12.6. The van der Waals surface area contributed by atoms with Gasteiger partial charge in [0, 0.05) is 16.7 Å². The maximum Gasteiger partial charge on any atom is 0.334 e. The monoisotopic (exact) mass is 409 g/mol. The quantitative estimate of drug-likeness (QED) is 0.529. The number of hydrogen-bond acceptors (Lipinski definition) is 4. The first kappa shape index (κ1) is 21.1. The number of carbonyl (C=O) groups is 2. The van der Waals surface area contributed by atoms with Crippen LogP contribution in [0.4, 0.5) is 0 Å². The molecule has 0 saturated heterocycles. The third-order valence-electron chi connectivity index (χ3n) is 3.74. The van der Waals surface area contributed by atoms with Gasteiger partial charge in [-0.25, -0.2) is 4.79 Å². The summed E-state index contributed by atoms with van der Waals surface area (Å²) in [5.74, 6) is -0.374. The summed E-state index contributed by atoms with van der Waals surface area (Å²) < 4.78 is 10.7. The number of amides is 1. The van der Waals surface area contributed by atoms with E-state index in [4.69, 9.17) is 32.7 Å². The average Bonchev–Trinajstić information content (AvgIpc) is 2.63. The first-order chi connectivity index (χ1) is 12.8. The van der Waals surface area contributed by atoms with E-state index in [9.17, 15) is 9.59 Å². The summed E-state index contributed by atoms with van der Waals surface area (Å²) in [6, 6.07) is 10.4. The second-order valence-electron chi connectivity index (χ2n) is 6.15. The molecule has 0 heterocycles. The molecule has 0 bridgehead atoms. The molecule has 2 aromatic carbocycles. The summed E-state index contributed by atoms with van der Waals surface area (Å²) in [5.41, 5.74) is 0.415. The fourth-order valence-electron chi connectivity index (χ4n) is 2.32. The van der Waals surface area contributed by atoms with E-state index in [0.29, 0.717) is 22.9 Å². The lowest BCUT2D eigenvalue weighted by Crippen LogP contribution is -2.46. The Hall–Kier alpha value is -2.24. The highest BCUT2D eigenvalue weighted by atomic mass is 35.5. The van der Waals surface area contributed by atoms with Gasteiger partial charge in [0.2, 0.25) is 0 Å². The molecule has 1 amide bonds. The highest BCUT2D eigenvalue weighted by Crippen LogP contribution is 2.28. The Balaban J connectivity index is 2.10. The van der Waals surface area contributed by atoms with E-state index in [1.165, 1.54) is 12.1 Å². The van der Waals surface area contributed by atoms with Crippen molar-refractivity contribution in [1.29, 1.82) is 0 Å². The standard InChI is InChI=1S/C20H21Cl2NO4/c1-4-26-15-8-5-13(6-9-15)19(24)23-18(12(2)3)20(25)27-17-11-14(21)7-10-16(17)22/h5-12,18H,4H2,1-3H3,(H,23,24)/t18-/m0/s1. The largest absolute Gasteiger partial charge is 0.494 e. The minimum Gasteiger partial charge on any atom is -0.494 e. The molecular formula is C20H21Cl2NO4. The summed E-state index contributed by atoms with van der Waals surface area (Å²) in [4.78, 5) is 25.1. The minimum absolute atomic E-state index is 0.148. The van der Waals surface area contributed by atoms with Crippen LogP contribution in [0.5, 0.6) is 11.5 Å². The van der Waals surface area contributed by atoms with Crippen LogP contribution in [0.25, 0.3) is 0 Å². The lowest BCUT2D eigenvalue weighted by molar-refractivity contribution is -0.137. The first-order valence-electron chi connectivity index (χ1n) is 8.52. The number of carbonyl (C=O) groups excluding carboxylic acids is 2. The Morgan fingerprint density at radius 1 is 1.07 bits per heavy atom. The third kappa shape index (κ3) is 5.88. The number of nitrogens with one attached hydrogen (secondary N) is 1. The predicted octanol–water partition coefficient (Wildman–Crippen LogP) is 4.75. The van der Waals surface area contributed by atoms with Gasteiger partial charge in [-0.1, -0.05) is 37.0 Å². The fraction of sp³-hybridized carbons (Fsp3) is 0.300. The number of hydrogen-bond donors (Lipinski definition) is 1. The minimum atomic E-state index is -0.848. The predicted molar refractivity (Wildman–Crippen MR) is 106 cm³/mol. The maximum absolute atomic E-state index is 12.6. The number of benzene rings is 2. The van der Waals surface area contributed by atoms with Gasteiger partial charge < -0.3 is 14.8 Å². The lowest BCUT2D eigenvalue weighted by atomic mass is 10.0. The summed E-state index contributed by atoms with van der Waals surface area (Å²) in [5, 5.41) is 3.36. The van der Waals surface area contributed by atoms with Crippen LogP contribution in [0.2, 0.25) is 10.0 Å². The van der Waals surface area contributed by atoms with Crippen LogP contribution < -0.4 is 14.8 Å². The van der Waals surface area contributed by atoms with Crippen LogP contribution in [-0.2, 0) is 4.79 Å². The Labute approximate surface area is 168 Å². The van der Waals surface area contributed by atoms with Crippen molar-refractivity contribution in [2.24, 2.45) is 5.92 Å². The molecule has 0 unspecified atom stereocenters. The van der Waals surface area contributed by atoms with Crippen molar-refractivity contribution in [2.45, 2.75) is 26.8 Å². The first-order valence-corrected chi connectivity index (χ1v) is 9.28. The van der Waals surface area contributed by atoms with Crippen molar-refractivity contribution in [3.8, 4) is 11.5 Å². The molecule has 0 spiro atoms. The lowest BCUT2D eigenvalue weighted by Gasteiger charge is -2.21. The molecule has 27 heavy (non-hydrogen) atoms. The molecule has 1 N–H and O–H groups in total. The molecule has 2 rings (SSSR count). The molecular weight excluding hydrogens is 389 g/mol. The van der Waals surface area contributed by atoms with Gasteiger partial charge in [-0.05, 0) is 49.2 Å². The molecule has 0 saturated carbocycles. The van der Waals surface area contributed by atoms with Gasteiger partial charge in [0.15, 0.2) is 5.75 Å². The number of rotatable bonds is 7. The van der Waals surface area contributed by atoms with Crippen LogP contribution in [-0.4, -0.2) is 24.5 Å². The Bertz CT molecular complexity index is 806. The van der Waals surface area contributed by atoms with Gasteiger partial charge in [-0.3, -0.25) is 4.79 Å². The van der Waals surface area contributed by atoms with Crippen LogP contribution >= 0.6 is 23.2 Å². The van der Waals surface area contributed by atoms with Gasteiger partial charge in [0.25, 0.3) is 5.91 Å². The van der Waals surface area contributed by atoms with Crippen molar-refractivity contribution < 1.29 is 19.1 Å². The fourth-order valence-corrected chi connectivity index (χ4v) is 2.64. The van der Waals surface area contributed by atoms with E-state index in [0.717, 1.165) is 0 Å². The van der Waals surface area contributed by atoms with E-state index in [2.05, 4.69) is 5.32 Å². The number of ether oxygens (including phenoxy) is 2. The number of halogens is 2. The molecule has 144 valence electrons. The van der Waals surface area contributed by atoms with Crippen molar-refractivity contribution in [3.63, 3.8) is 0 Å². The third-order valence-corrected chi connectivity index (χ3v) is 4.29. The Kier molecular flexibility index (Phi) is 7.51. The second-order valence-corrected chi connectivity index (χ2v) is 6.99. The van der Waals surface area contributed by atoms with Gasteiger partial charge in [-0.15, -0.1) is 0 Å². The number of esters is 1. The van der Waals surface area contributed by atoms with Crippen molar-refractivity contribution in [3.05, 3.63) is 58.1 Å². The van der Waals surface area contributed by atoms with Gasteiger partial charge in [0.1, 0.15) is 11.8 Å². The molecule has 7 heteroatoms. The molecule has 1 atom stereocenters. The molecule has 2 aromatic rings. The van der Waals surface area contributed by atoms with E-state index in [1.54, 1.807) is 30.3 Å². The second kappa shape index (κ2) is 9.62. The summed E-state index contributed by atoms with van der Waals surface area (Å²) in [6.45, 7) is 6.04. The normalized spacial score (nSPS) is 11.8. The highest BCUT2D eigenvalue weighted by Gasteiger charge is 2.27. The van der Waals surface area contributed by atoms with Gasteiger partial charge >= 0.3 is 5.97 Å². The topological polar surface area (TPSA) is 64.6 Å². The molecule has 0 aromatic heterocycles. The molecule has 0 radical (unpaired) electrons. The van der Waals surface area contributed by atoms with Crippen LogP contribution in [0.1, 0.15) is 31.1 Å². The van der Waals surface area contributed by atoms with Crippen LogP contribution in [0.15, 0.2) is 42.5 Å². The van der Waals surface area contributed by atoms with Crippen LogP contribution in [0.3, 0.4) is 0 Å².